The fourth-order valence-electron chi connectivity index (χ4n) is 3.90. The van der Waals surface area contributed by atoms with Gasteiger partial charge in [-0.1, -0.05) is 117 Å². The molecular formula is C26H53NO2. The second-order valence-corrected chi connectivity index (χ2v) is 9.08. The molecule has 0 amide bonds. The minimum atomic E-state index is -0.510. The molecule has 29 heavy (non-hydrogen) atoms. The van der Waals surface area contributed by atoms with Gasteiger partial charge in [0.1, 0.15) is 12.1 Å². The van der Waals surface area contributed by atoms with Crippen LogP contribution in [0.2, 0.25) is 0 Å². The highest BCUT2D eigenvalue weighted by molar-refractivity contribution is 5.75. The van der Waals surface area contributed by atoms with E-state index in [0.29, 0.717) is 0 Å². The van der Waals surface area contributed by atoms with Crippen LogP contribution in [-0.2, 0) is 9.53 Å². The van der Waals surface area contributed by atoms with Gasteiger partial charge in [-0.05, 0) is 32.6 Å². The molecule has 0 aliphatic carbocycles. The molecule has 174 valence electrons. The van der Waals surface area contributed by atoms with Crippen LogP contribution >= 0.6 is 0 Å². The molecule has 0 aromatic rings. The van der Waals surface area contributed by atoms with Gasteiger partial charge >= 0.3 is 5.97 Å². The Hall–Kier alpha value is -0.570. The zero-order chi connectivity index (χ0) is 21.6. The Morgan fingerprint density at radius 2 is 0.931 bits per heavy atom. The van der Waals surface area contributed by atoms with Crippen LogP contribution in [0.4, 0.5) is 0 Å². The third kappa shape index (κ3) is 20.5. The molecule has 1 unspecified atom stereocenters. The molecule has 0 saturated heterocycles. The van der Waals surface area contributed by atoms with Crippen LogP contribution < -0.4 is 5.73 Å². The molecule has 0 radical (unpaired) electrons. The third-order valence-electron chi connectivity index (χ3n) is 5.91. The number of hydrogen-bond donors (Lipinski definition) is 1. The van der Waals surface area contributed by atoms with Crippen LogP contribution in [0.5, 0.6) is 0 Å². The molecule has 0 bridgehead atoms. The van der Waals surface area contributed by atoms with Gasteiger partial charge in [-0.3, -0.25) is 4.79 Å². The number of esters is 1. The van der Waals surface area contributed by atoms with Gasteiger partial charge in [0.2, 0.25) is 0 Å². The van der Waals surface area contributed by atoms with E-state index in [1.807, 2.05) is 0 Å². The lowest BCUT2D eigenvalue weighted by atomic mass is 10.0. The van der Waals surface area contributed by atoms with Crippen LogP contribution in [0.1, 0.15) is 149 Å². The van der Waals surface area contributed by atoms with Gasteiger partial charge in [0.05, 0.1) is 0 Å². The van der Waals surface area contributed by atoms with E-state index < -0.39 is 6.04 Å². The average Bonchev–Trinajstić information content (AvgIpc) is 2.70. The lowest BCUT2D eigenvalue weighted by molar-refractivity contribution is -0.151. The normalized spacial score (nSPS) is 13.4. The molecule has 2 atom stereocenters. The molecule has 0 aliphatic heterocycles. The summed E-state index contributed by atoms with van der Waals surface area (Å²) in [6.45, 7) is 6.25. The molecule has 0 rings (SSSR count). The Morgan fingerprint density at radius 3 is 1.24 bits per heavy atom. The number of carbonyl (C=O) groups is 1. The number of ether oxygens (including phenoxy) is 1. The minimum Gasteiger partial charge on any atom is -0.461 e. The van der Waals surface area contributed by atoms with Crippen molar-refractivity contribution in [1.82, 2.24) is 0 Å². The van der Waals surface area contributed by atoms with Crippen molar-refractivity contribution >= 4 is 5.97 Å². The third-order valence-corrected chi connectivity index (χ3v) is 5.91. The maximum absolute atomic E-state index is 11.9. The highest BCUT2D eigenvalue weighted by Crippen LogP contribution is 2.18. The monoisotopic (exact) mass is 411 g/mol. The van der Waals surface area contributed by atoms with Crippen LogP contribution in [0.25, 0.3) is 0 Å². The Kier molecular flexibility index (Phi) is 21.7. The van der Waals surface area contributed by atoms with E-state index in [1.165, 1.54) is 116 Å². The predicted octanol–water partition coefficient (Wildman–Crippen LogP) is 8.09. The van der Waals surface area contributed by atoms with Gasteiger partial charge in [-0.15, -0.1) is 0 Å². The van der Waals surface area contributed by atoms with E-state index in [1.54, 1.807) is 6.92 Å². The zero-order valence-electron chi connectivity index (χ0n) is 20.2. The van der Waals surface area contributed by atoms with E-state index in [9.17, 15) is 4.79 Å². The molecule has 3 nitrogen and oxygen atoms in total. The summed E-state index contributed by atoms with van der Waals surface area (Å²) < 4.78 is 5.69. The molecule has 0 fully saturated rings. The topological polar surface area (TPSA) is 52.3 Å². The standard InChI is InChI=1S/C26H53NO2/c1-4-6-8-10-12-14-15-17-19-21-23-25(29-26(28)24(3)27)22-20-18-16-13-11-9-7-5-2/h24-25H,4-23,27H2,1-3H3/t24-,25?/m0/s1. The summed E-state index contributed by atoms with van der Waals surface area (Å²) >= 11 is 0. The van der Waals surface area contributed by atoms with Crippen molar-refractivity contribution in [2.24, 2.45) is 5.73 Å². The zero-order valence-corrected chi connectivity index (χ0v) is 20.2. The molecule has 3 heteroatoms. The summed E-state index contributed by atoms with van der Waals surface area (Å²) in [5.74, 6) is -0.235. The second kappa shape index (κ2) is 22.1. The molecule has 0 aromatic carbocycles. The summed E-state index contributed by atoms with van der Waals surface area (Å²) in [6, 6.07) is -0.510. The maximum Gasteiger partial charge on any atom is 0.322 e. The van der Waals surface area contributed by atoms with E-state index in [4.69, 9.17) is 10.5 Å². The Bertz CT molecular complexity index is 344. The molecule has 0 heterocycles. The van der Waals surface area contributed by atoms with Crippen molar-refractivity contribution in [1.29, 1.82) is 0 Å². The van der Waals surface area contributed by atoms with Gasteiger partial charge in [-0.2, -0.15) is 0 Å². The van der Waals surface area contributed by atoms with Gasteiger partial charge in [0.25, 0.3) is 0 Å². The highest BCUT2D eigenvalue weighted by Gasteiger charge is 2.16. The molecule has 0 aromatic heterocycles. The number of carbonyl (C=O) groups excluding carboxylic acids is 1. The van der Waals surface area contributed by atoms with Crippen molar-refractivity contribution in [3.63, 3.8) is 0 Å². The van der Waals surface area contributed by atoms with Crippen molar-refractivity contribution in [3.05, 3.63) is 0 Å². The largest absolute Gasteiger partial charge is 0.461 e. The number of rotatable bonds is 22. The van der Waals surface area contributed by atoms with Crippen molar-refractivity contribution in [2.45, 2.75) is 161 Å². The van der Waals surface area contributed by atoms with Crippen molar-refractivity contribution in [3.8, 4) is 0 Å². The average molecular weight is 412 g/mol. The summed E-state index contributed by atoms with van der Waals surface area (Å²) in [7, 11) is 0. The van der Waals surface area contributed by atoms with E-state index in [-0.39, 0.29) is 12.1 Å². The Labute approximate surface area is 182 Å². The first-order valence-electron chi connectivity index (χ1n) is 13.1. The lowest BCUT2D eigenvalue weighted by Gasteiger charge is -2.19. The predicted molar refractivity (Wildman–Crippen MR) is 127 cm³/mol. The Balaban J connectivity index is 3.82. The lowest BCUT2D eigenvalue weighted by Crippen LogP contribution is -2.32. The first kappa shape index (κ1) is 28.4. The van der Waals surface area contributed by atoms with Crippen molar-refractivity contribution in [2.75, 3.05) is 0 Å². The minimum absolute atomic E-state index is 0.0719. The molecule has 0 aliphatic rings. The quantitative estimate of drug-likeness (QED) is 0.145. The van der Waals surface area contributed by atoms with Crippen LogP contribution in [-0.4, -0.2) is 18.1 Å². The fraction of sp³-hybridized carbons (Fsp3) is 0.962. The molecule has 0 spiro atoms. The molecular weight excluding hydrogens is 358 g/mol. The number of hydrogen-bond acceptors (Lipinski definition) is 3. The Morgan fingerprint density at radius 1 is 0.621 bits per heavy atom. The smallest absolute Gasteiger partial charge is 0.322 e. The highest BCUT2D eigenvalue weighted by atomic mass is 16.5. The number of unbranched alkanes of at least 4 members (excludes halogenated alkanes) is 16. The van der Waals surface area contributed by atoms with E-state index in [2.05, 4.69) is 13.8 Å². The first-order chi connectivity index (χ1) is 14.1. The van der Waals surface area contributed by atoms with Gasteiger partial charge < -0.3 is 10.5 Å². The molecule has 2 N–H and O–H groups in total. The maximum atomic E-state index is 11.9. The first-order valence-corrected chi connectivity index (χ1v) is 13.1. The summed E-state index contributed by atoms with van der Waals surface area (Å²) in [5.41, 5.74) is 5.70. The summed E-state index contributed by atoms with van der Waals surface area (Å²) in [4.78, 5) is 11.9. The summed E-state index contributed by atoms with van der Waals surface area (Å²) in [5, 5.41) is 0. The van der Waals surface area contributed by atoms with Crippen LogP contribution in [0, 0.1) is 0 Å². The van der Waals surface area contributed by atoms with Gasteiger partial charge in [-0.25, -0.2) is 0 Å². The van der Waals surface area contributed by atoms with Gasteiger partial charge in [0, 0.05) is 0 Å². The van der Waals surface area contributed by atoms with E-state index >= 15 is 0 Å². The van der Waals surface area contributed by atoms with Gasteiger partial charge in [0.15, 0.2) is 0 Å². The fourth-order valence-corrected chi connectivity index (χ4v) is 3.90. The van der Waals surface area contributed by atoms with E-state index in [0.717, 1.165) is 12.8 Å². The summed E-state index contributed by atoms with van der Waals surface area (Å²) in [6.07, 6.45) is 26.0. The number of nitrogens with two attached hydrogens (primary N) is 1. The van der Waals surface area contributed by atoms with Crippen LogP contribution in [0.15, 0.2) is 0 Å². The van der Waals surface area contributed by atoms with Crippen LogP contribution in [0.3, 0.4) is 0 Å². The molecule has 0 saturated carbocycles. The van der Waals surface area contributed by atoms with Crippen molar-refractivity contribution < 1.29 is 9.53 Å². The SMILES string of the molecule is CCCCCCCCCCCCC(CCCCCCCCCC)OC(=O)[C@H](C)N. The second-order valence-electron chi connectivity index (χ2n) is 9.08.